The van der Waals surface area contributed by atoms with Crippen LogP contribution in [0.3, 0.4) is 0 Å². The number of hydrazone groups is 1. The van der Waals surface area contributed by atoms with Gasteiger partial charge in [-0.3, -0.25) is 4.79 Å². The molecule has 0 spiro atoms. The lowest BCUT2D eigenvalue weighted by Gasteiger charge is -2.26. The second kappa shape index (κ2) is 7.11. The zero-order chi connectivity index (χ0) is 18.8. The van der Waals surface area contributed by atoms with E-state index in [2.05, 4.69) is 4.57 Å². The molecule has 3 aromatic rings. The maximum Gasteiger partial charge on any atom is 0.302 e. The van der Waals surface area contributed by atoms with Crippen molar-refractivity contribution in [3.8, 4) is 5.75 Å². The molecule has 0 aliphatic carbocycles. The van der Waals surface area contributed by atoms with Crippen molar-refractivity contribution in [3.63, 3.8) is 0 Å². The number of carbonyl (C=O) groups excluding carboxylic acids is 1. The van der Waals surface area contributed by atoms with Gasteiger partial charge in [-0.05, 0) is 42.0 Å². The van der Waals surface area contributed by atoms with Gasteiger partial charge in [0.1, 0.15) is 12.4 Å². The Morgan fingerprint density at radius 3 is 2.67 bits per heavy atom. The summed E-state index contributed by atoms with van der Waals surface area (Å²) in [7, 11) is 1.65. The third kappa shape index (κ3) is 3.36. The lowest BCUT2D eigenvalue weighted by atomic mass is 10.1. The number of methoxy groups -OCH3 is 1. The Morgan fingerprint density at radius 1 is 1.15 bits per heavy atom. The molecular formula is C20H20N4O3. The lowest BCUT2D eigenvalue weighted by Crippen LogP contribution is -2.32. The fourth-order valence-electron chi connectivity index (χ4n) is 3.15. The van der Waals surface area contributed by atoms with E-state index >= 15 is 0 Å². The van der Waals surface area contributed by atoms with Gasteiger partial charge in [-0.2, -0.15) is 5.10 Å². The summed E-state index contributed by atoms with van der Waals surface area (Å²) in [5.74, 6) is 1.25. The maximum atomic E-state index is 11.1. The molecule has 2 heterocycles. The quantitative estimate of drug-likeness (QED) is 0.651. The van der Waals surface area contributed by atoms with Gasteiger partial charge in [-0.15, -0.1) is 0 Å². The SMILES string of the molecule is COc1ccc(C2=NN(CCOC(C)=O)c3nc4ccccc4n3C2)cc1. The summed E-state index contributed by atoms with van der Waals surface area (Å²) in [6, 6.07) is 15.8. The van der Waals surface area contributed by atoms with Crippen LogP contribution in [0.4, 0.5) is 5.95 Å². The zero-order valence-corrected chi connectivity index (χ0v) is 15.3. The largest absolute Gasteiger partial charge is 0.497 e. The van der Waals surface area contributed by atoms with E-state index in [1.54, 1.807) is 12.1 Å². The van der Waals surface area contributed by atoms with Gasteiger partial charge in [-0.25, -0.2) is 9.99 Å². The summed E-state index contributed by atoms with van der Waals surface area (Å²) in [6.07, 6.45) is 0. The molecule has 0 atom stereocenters. The molecular weight excluding hydrogens is 344 g/mol. The average molecular weight is 364 g/mol. The first kappa shape index (κ1) is 17.1. The highest BCUT2D eigenvalue weighted by molar-refractivity contribution is 6.02. The van der Waals surface area contributed by atoms with Gasteiger partial charge < -0.3 is 14.0 Å². The third-order valence-electron chi connectivity index (χ3n) is 4.45. The van der Waals surface area contributed by atoms with E-state index in [-0.39, 0.29) is 12.6 Å². The highest BCUT2D eigenvalue weighted by atomic mass is 16.5. The van der Waals surface area contributed by atoms with Crippen molar-refractivity contribution >= 4 is 28.7 Å². The van der Waals surface area contributed by atoms with Gasteiger partial charge in [0.15, 0.2) is 0 Å². The number of nitrogens with zero attached hydrogens (tertiary/aromatic N) is 4. The van der Waals surface area contributed by atoms with Crippen LogP contribution in [0.15, 0.2) is 53.6 Å². The van der Waals surface area contributed by atoms with Crippen molar-refractivity contribution in [2.75, 3.05) is 25.3 Å². The Kier molecular flexibility index (Phi) is 4.50. The molecule has 7 nitrogen and oxygen atoms in total. The average Bonchev–Trinajstić information content (AvgIpc) is 3.07. The number of hydrogen-bond donors (Lipinski definition) is 0. The number of imidazole rings is 1. The first-order chi connectivity index (χ1) is 13.2. The van der Waals surface area contributed by atoms with Gasteiger partial charge in [0.05, 0.1) is 36.9 Å². The Balaban J connectivity index is 1.71. The minimum atomic E-state index is -0.306. The van der Waals surface area contributed by atoms with Gasteiger partial charge in [0.2, 0.25) is 5.95 Å². The summed E-state index contributed by atoms with van der Waals surface area (Å²) in [5, 5.41) is 6.57. The number of rotatable bonds is 5. The van der Waals surface area contributed by atoms with Crippen LogP contribution < -0.4 is 9.75 Å². The minimum absolute atomic E-state index is 0.248. The normalized spacial score (nSPS) is 13.3. The number of fused-ring (bicyclic) bond motifs is 3. The number of para-hydroxylation sites is 2. The molecule has 1 aliphatic rings. The molecule has 0 bridgehead atoms. The molecule has 1 aliphatic heterocycles. The van der Waals surface area contributed by atoms with E-state index in [1.165, 1.54) is 6.92 Å². The molecule has 27 heavy (non-hydrogen) atoms. The maximum absolute atomic E-state index is 11.1. The van der Waals surface area contributed by atoms with Gasteiger partial charge in [0, 0.05) is 6.92 Å². The fraction of sp³-hybridized carbons (Fsp3) is 0.250. The molecule has 0 saturated heterocycles. The predicted molar refractivity (Wildman–Crippen MR) is 103 cm³/mol. The number of esters is 1. The van der Waals surface area contributed by atoms with Crippen LogP contribution in [0.5, 0.6) is 5.75 Å². The van der Waals surface area contributed by atoms with E-state index in [0.717, 1.165) is 34.0 Å². The van der Waals surface area contributed by atoms with Crippen LogP contribution in [-0.2, 0) is 16.1 Å². The summed E-state index contributed by atoms with van der Waals surface area (Å²) < 4.78 is 12.5. The van der Waals surface area contributed by atoms with E-state index in [0.29, 0.717) is 13.1 Å². The Labute approximate surface area is 156 Å². The Hall–Kier alpha value is -3.35. The number of benzene rings is 2. The number of hydrogen-bond acceptors (Lipinski definition) is 6. The van der Waals surface area contributed by atoms with Crippen molar-refractivity contribution < 1.29 is 14.3 Å². The Morgan fingerprint density at radius 2 is 1.93 bits per heavy atom. The monoisotopic (exact) mass is 364 g/mol. The van der Waals surface area contributed by atoms with Crippen molar-refractivity contribution in [2.24, 2.45) is 5.10 Å². The minimum Gasteiger partial charge on any atom is -0.497 e. The van der Waals surface area contributed by atoms with Crippen LogP contribution in [-0.4, -0.2) is 41.5 Å². The van der Waals surface area contributed by atoms with Gasteiger partial charge in [-0.1, -0.05) is 12.1 Å². The number of anilines is 1. The van der Waals surface area contributed by atoms with Crippen LogP contribution in [0.2, 0.25) is 0 Å². The third-order valence-corrected chi connectivity index (χ3v) is 4.45. The molecule has 4 rings (SSSR count). The molecule has 0 saturated carbocycles. The second-order valence-electron chi connectivity index (χ2n) is 6.23. The molecule has 0 N–H and O–H groups in total. The van der Waals surface area contributed by atoms with Crippen LogP contribution in [0.25, 0.3) is 11.0 Å². The first-order valence-corrected chi connectivity index (χ1v) is 8.74. The van der Waals surface area contributed by atoms with E-state index in [4.69, 9.17) is 19.6 Å². The summed E-state index contributed by atoms with van der Waals surface area (Å²) in [5.41, 5.74) is 3.88. The molecule has 0 fully saturated rings. The predicted octanol–water partition coefficient (Wildman–Crippen LogP) is 2.83. The zero-order valence-electron chi connectivity index (χ0n) is 15.3. The van der Waals surface area contributed by atoms with Crippen LogP contribution in [0.1, 0.15) is 12.5 Å². The van der Waals surface area contributed by atoms with Crippen LogP contribution >= 0.6 is 0 Å². The van der Waals surface area contributed by atoms with Crippen molar-refractivity contribution in [2.45, 2.75) is 13.5 Å². The lowest BCUT2D eigenvalue weighted by molar-refractivity contribution is -0.140. The summed E-state index contributed by atoms with van der Waals surface area (Å²) in [6.45, 7) is 2.70. The number of ether oxygens (including phenoxy) is 2. The standard InChI is InChI=1S/C20H20N4O3/c1-14(25)27-12-11-24-20-21-17-5-3-4-6-19(17)23(20)13-18(22-24)15-7-9-16(26-2)10-8-15/h3-10H,11-13H2,1-2H3. The van der Waals surface area contributed by atoms with E-state index in [9.17, 15) is 4.79 Å². The fourth-order valence-corrected chi connectivity index (χ4v) is 3.15. The van der Waals surface area contributed by atoms with E-state index in [1.807, 2.05) is 48.5 Å². The number of carbonyl (C=O) groups is 1. The van der Waals surface area contributed by atoms with Crippen molar-refractivity contribution in [1.29, 1.82) is 0 Å². The molecule has 1 aromatic heterocycles. The first-order valence-electron chi connectivity index (χ1n) is 8.74. The molecule has 2 aromatic carbocycles. The molecule has 0 unspecified atom stereocenters. The molecule has 0 amide bonds. The van der Waals surface area contributed by atoms with E-state index < -0.39 is 0 Å². The van der Waals surface area contributed by atoms with Crippen LogP contribution in [0, 0.1) is 0 Å². The topological polar surface area (TPSA) is 69.0 Å². The van der Waals surface area contributed by atoms with Gasteiger partial charge in [0.25, 0.3) is 0 Å². The second-order valence-corrected chi connectivity index (χ2v) is 6.23. The molecule has 7 heteroatoms. The van der Waals surface area contributed by atoms with Gasteiger partial charge >= 0.3 is 5.97 Å². The highest BCUT2D eigenvalue weighted by Crippen LogP contribution is 2.27. The Bertz CT molecular complexity index is 1010. The summed E-state index contributed by atoms with van der Waals surface area (Å²) >= 11 is 0. The molecule has 138 valence electrons. The molecule has 0 radical (unpaired) electrons. The van der Waals surface area contributed by atoms with Crippen molar-refractivity contribution in [3.05, 3.63) is 54.1 Å². The smallest absolute Gasteiger partial charge is 0.302 e. The highest BCUT2D eigenvalue weighted by Gasteiger charge is 2.24. The number of aromatic nitrogens is 2. The summed E-state index contributed by atoms with van der Waals surface area (Å²) in [4.78, 5) is 15.8. The van der Waals surface area contributed by atoms with Crippen molar-refractivity contribution in [1.82, 2.24) is 9.55 Å².